The normalized spacial score (nSPS) is 19.1. The minimum Gasteiger partial charge on any atom is -0.368 e. The Labute approximate surface area is 118 Å². The Morgan fingerprint density at radius 3 is 2.79 bits per heavy atom. The van der Waals surface area contributed by atoms with Crippen molar-refractivity contribution in [3.8, 4) is 0 Å². The number of ketones is 1. The number of anilines is 1. The average molecular weight is 281 g/mol. The third kappa shape index (κ3) is 3.30. The Hall–Kier alpha value is -1.03. The lowest BCUT2D eigenvalue weighted by Crippen LogP contribution is -2.29. The molecule has 4 heteroatoms. The van der Waals surface area contributed by atoms with Crippen LogP contribution < -0.4 is 4.90 Å². The van der Waals surface area contributed by atoms with Gasteiger partial charge in [-0.15, -0.1) is 0 Å². The molecule has 0 aliphatic carbocycles. The fourth-order valence-electron chi connectivity index (χ4n) is 2.36. The zero-order valence-electron chi connectivity index (χ0n) is 11.7. The Balaban J connectivity index is 2.33. The van der Waals surface area contributed by atoms with Gasteiger partial charge in [0.1, 0.15) is 5.82 Å². The van der Waals surface area contributed by atoms with E-state index in [0.717, 1.165) is 25.3 Å². The molecular weight excluding hydrogens is 261 g/mol. The maximum absolute atomic E-state index is 14.1. The number of Topliss-reactive ketones (excluding diaryl/α,β-unsaturated/α-hetero) is 1. The van der Waals surface area contributed by atoms with Crippen molar-refractivity contribution in [2.75, 3.05) is 23.7 Å². The molecule has 1 fully saturated rings. The summed E-state index contributed by atoms with van der Waals surface area (Å²) in [7, 11) is 0. The van der Waals surface area contributed by atoms with Crippen LogP contribution in [0.4, 0.5) is 10.1 Å². The summed E-state index contributed by atoms with van der Waals surface area (Å²) in [6.07, 6.45) is 0.989. The standard InChI is InChI=1S/C15H20FNOS/c1-11(18)12-5-4-6-13(16)14(12)17-8-7-15(2,3)19-10-9-17/h4-6H,7-10H2,1-3H3. The Morgan fingerprint density at radius 2 is 2.11 bits per heavy atom. The third-order valence-corrected chi connectivity index (χ3v) is 4.89. The van der Waals surface area contributed by atoms with Gasteiger partial charge in [-0.3, -0.25) is 4.79 Å². The van der Waals surface area contributed by atoms with Crippen LogP contribution in [0.2, 0.25) is 0 Å². The van der Waals surface area contributed by atoms with Gasteiger partial charge in [0.2, 0.25) is 0 Å². The van der Waals surface area contributed by atoms with Crippen molar-refractivity contribution < 1.29 is 9.18 Å². The van der Waals surface area contributed by atoms with Crippen LogP contribution in [-0.4, -0.2) is 29.4 Å². The first kappa shape index (κ1) is 14.4. The molecule has 1 aromatic carbocycles. The maximum Gasteiger partial charge on any atom is 0.161 e. The highest BCUT2D eigenvalue weighted by Gasteiger charge is 2.26. The summed E-state index contributed by atoms with van der Waals surface area (Å²) in [4.78, 5) is 13.7. The fraction of sp³-hybridized carbons (Fsp3) is 0.533. The van der Waals surface area contributed by atoms with Crippen LogP contribution in [0.25, 0.3) is 0 Å². The SMILES string of the molecule is CC(=O)c1cccc(F)c1N1CCSC(C)(C)CC1. The van der Waals surface area contributed by atoms with Crippen molar-refractivity contribution in [2.45, 2.75) is 31.9 Å². The Morgan fingerprint density at radius 1 is 1.37 bits per heavy atom. The molecule has 104 valence electrons. The van der Waals surface area contributed by atoms with Gasteiger partial charge in [-0.25, -0.2) is 4.39 Å². The summed E-state index contributed by atoms with van der Waals surface area (Å²) in [6, 6.07) is 4.75. The molecule has 19 heavy (non-hydrogen) atoms. The minimum absolute atomic E-state index is 0.0781. The number of para-hydroxylation sites is 1. The molecule has 0 unspecified atom stereocenters. The first-order valence-corrected chi connectivity index (χ1v) is 7.58. The highest BCUT2D eigenvalue weighted by molar-refractivity contribution is 8.00. The molecule has 2 rings (SSSR count). The summed E-state index contributed by atoms with van der Waals surface area (Å²) >= 11 is 1.91. The summed E-state index contributed by atoms with van der Waals surface area (Å²) in [5, 5.41) is 0. The van der Waals surface area contributed by atoms with Gasteiger partial charge in [-0.1, -0.05) is 19.9 Å². The number of benzene rings is 1. The monoisotopic (exact) mass is 281 g/mol. The summed E-state index contributed by atoms with van der Waals surface area (Å²) in [6.45, 7) is 7.51. The van der Waals surface area contributed by atoms with Gasteiger partial charge in [0.15, 0.2) is 5.78 Å². The number of carbonyl (C=O) groups is 1. The molecule has 1 saturated heterocycles. The molecule has 0 N–H and O–H groups in total. The van der Waals surface area contributed by atoms with E-state index in [9.17, 15) is 9.18 Å². The average Bonchev–Trinajstić information content (AvgIpc) is 2.50. The van der Waals surface area contributed by atoms with Crippen molar-refractivity contribution in [2.24, 2.45) is 0 Å². The predicted octanol–water partition coefficient (Wildman–Crippen LogP) is 3.75. The van der Waals surface area contributed by atoms with Crippen LogP contribution in [0.5, 0.6) is 0 Å². The number of thioether (sulfide) groups is 1. The molecule has 1 heterocycles. The molecular formula is C15H20FNOS. The highest BCUT2D eigenvalue weighted by Crippen LogP contribution is 2.34. The lowest BCUT2D eigenvalue weighted by molar-refractivity contribution is 0.101. The van der Waals surface area contributed by atoms with Gasteiger partial charge in [0, 0.05) is 29.2 Å². The van der Waals surface area contributed by atoms with E-state index in [1.807, 2.05) is 16.7 Å². The quantitative estimate of drug-likeness (QED) is 0.770. The smallest absolute Gasteiger partial charge is 0.161 e. The predicted molar refractivity (Wildman–Crippen MR) is 79.8 cm³/mol. The largest absolute Gasteiger partial charge is 0.368 e. The molecule has 1 aromatic rings. The van der Waals surface area contributed by atoms with E-state index in [1.54, 1.807) is 12.1 Å². The van der Waals surface area contributed by atoms with Gasteiger partial charge in [-0.2, -0.15) is 11.8 Å². The van der Waals surface area contributed by atoms with Crippen LogP contribution in [0, 0.1) is 5.82 Å². The van der Waals surface area contributed by atoms with Crippen molar-refractivity contribution >= 4 is 23.2 Å². The van der Waals surface area contributed by atoms with E-state index in [1.165, 1.54) is 13.0 Å². The molecule has 0 saturated carbocycles. The second-order valence-corrected chi connectivity index (χ2v) is 7.34. The van der Waals surface area contributed by atoms with Crippen molar-refractivity contribution in [1.29, 1.82) is 0 Å². The van der Waals surface area contributed by atoms with E-state index in [0.29, 0.717) is 11.3 Å². The number of carbonyl (C=O) groups excluding carboxylic acids is 1. The number of halogens is 1. The van der Waals surface area contributed by atoms with Crippen LogP contribution in [0.15, 0.2) is 18.2 Å². The van der Waals surface area contributed by atoms with Crippen LogP contribution in [0.3, 0.4) is 0 Å². The molecule has 0 radical (unpaired) electrons. The summed E-state index contributed by atoms with van der Waals surface area (Å²) < 4.78 is 14.3. The summed E-state index contributed by atoms with van der Waals surface area (Å²) in [5.41, 5.74) is 0.970. The Kier molecular flexibility index (Phi) is 4.19. The molecule has 0 aromatic heterocycles. The minimum atomic E-state index is -0.294. The molecule has 1 aliphatic rings. The van der Waals surface area contributed by atoms with Crippen LogP contribution in [-0.2, 0) is 0 Å². The third-order valence-electron chi connectivity index (χ3n) is 3.52. The van der Waals surface area contributed by atoms with Crippen LogP contribution in [0.1, 0.15) is 37.6 Å². The molecule has 0 bridgehead atoms. The van der Waals surface area contributed by atoms with Crippen LogP contribution >= 0.6 is 11.8 Å². The van der Waals surface area contributed by atoms with Gasteiger partial charge in [0.05, 0.1) is 5.69 Å². The first-order valence-electron chi connectivity index (χ1n) is 6.59. The van der Waals surface area contributed by atoms with E-state index in [4.69, 9.17) is 0 Å². The van der Waals surface area contributed by atoms with E-state index in [2.05, 4.69) is 13.8 Å². The highest BCUT2D eigenvalue weighted by atomic mass is 32.2. The molecule has 2 nitrogen and oxygen atoms in total. The lowest BCUT2D eigenvalue weighted by Gasteiger charge is -2.26. The number of nitrogens with zero attached hydrogens (tertiary/aromatic N) is 1. The molecule has 0 atom stereocenters. The zero-order valence-corrected chi connectivity index (χ0v) is 12.5. The second-order valence-electron chi connectivity index (χ2n) is 5.54. The molecule has 0 spiro atoms. The molecule has 1 aliphatic heterocycles. The van der Waals surface area contributed by atoms with Gasteiger partial charge < -0.3 is 4.90 Å². The number of hydrogen-bond acceptors (Lipinski definition) is 3. The van der Waals surface area contributed by atoms with Crippen molar-refractivity contribution in [1.82, 2.24) is 0 Å². The van der Waals surface area contributed by atoms with Crippen molar-refractivity contribution in [3.63, 3.8) is 0 Å². The van der Waals surface area contributed by atoms with Gasteiger partial charge in [0.25, 0.3) is 0 Å². The zero-order chi connectivity index (χ0) is 14.0. The number of rotatable bonds is 2. The van der Waals surface area contributed by atoms with Crippen molar-refractivity contribution in [3.05, 3.63) is 29.6 Å². The molecule has 0 amide bonds. The first-order chi connectivity index (χ1) is 8.91. The van der Waals surface area contributed by atoms with E-state index in [-0.39, 0.29) is 16.3 Å². The van der Waals surface area contributed by atoms with E-state index >= 15 is 0 Å². The summed E-state index contributed by atoms with van der Waals surface area (Å²) in [5.74, 6) is 0.585. The number of hydrogen-bond donors (Lipinski definition) is 0. The lowest BCUT2D eigenvalue weighted by atomic mass is 10.1. The Bertz CT molecular complexity index is 487. The van der Waals surface area contributed by atoms with Gasteiger partial charge >= 0.3 is 0 Å². The maximum atomic E-state index is 14.1. The fourth-order valence-corrected chi connectivity index (χ4v) is 3.46. The van der Waals surface area contributed by atoms with E-state index < -0.39 is 0 Å². The van der Waals surface area contributed by atoms with Gasteiger partial charge in [-0.05, 0) is 25.5 Å². The topological polar surface area (TPSA) is 20.3 Å². The second kappa shape index (κ2) is 5.53.